The Labute approximate surface area is 150 Å². The molecular weight excluding hydrogens is 308 g/mol. The number of rotatable bonds is 6. The van der Waals surface area contributed by atoms with Gasteiger partial charge in [0.2, 0.25) is 0 Å². The van der Waals surface area contributed by atoms with Crippen LogP contribution in [0.15, 0.2) is 42.5 Å². The topological polar surface area (TPSA) is 40.2 Å². The number of aromatic nitrogens is 1. The van der Waals surface area contributed by atoms with Crippen LogP contribution < -0.4 is 10.5 Å². The number of nitrogens with zero attached hydrogens (tertiary/aromatic N) is 1. The average Bonchev–Trinajstić information content (AvgIpc) is 2.85. The standard InChI is InChI=1S/C22H28N2O/c1-5-25-18-10-11-19(15(2)12-18)17(14-23)13-21-16(3)24(4)22-9-7-6-8-20(21)22/h6-12,17H,5,13-14,23H2,1-4H3. The smallest absolute Gasteiger partial charge is 0.119 e. The number of aryl methyl sites for hydroxylation is 2. The summed E-state index contributed by atoms with van der Waals surface area (Å²) >= 11 is 0. The quantitative estimate of drug-likeness (QED) is 0.721. The van der Waals surface area contributed by atoms with Crippen molar-refractivity contribution in [1.82, 2.24) is 4.57 Å². The van der Waals surface area contributed by atoms with E-state index in [0.717, 1.165) is 12.2 Å². The number of hydrogen-bond donors (Lipinski definition) is 1. The Kier molecular flexibility index (Phi) is 5.14. The van der Waals surface area contributed by atoms with Gasteiger partial charge >= 0.3 is 0 Å². The summed E-state index contributed by atoms with van der Waals surface area (Å²) in [7, 11) is 2.14. The predicted molar refractivity (Wildman–Crippen MR) is 106 cm³/mol. The minimum absolute atomic E-state index is 0.306. The molecule has 3 nitrogen and oxygen atoms in total. The van der Waals surface area contributed by atoms with Gasteiger partial charge in [-0.3, -0.25) is 0 Å². The van der Waals surface area contributed by atoms with Crippen molar-refractivity contribution < 1.29 is 4.74 Å². The van der Waals surface area contributed by atoms with Gasteiger partial charge in [0.15, 0.2) is 0 Å². The van der Waals surface area contributed by atoms with Crippen molar-refractivity contribution in [1.29, 1.82) is 0 Å². The van der Waals surface area contributed by atoms with Crippen LogP contribution in [0.1, 0.15) is 35.2 Å². The summed E-state index contributed by atoms with van der Waals surface area (Å²) in [5.41, 5.74) is 12.8. The predicted octanol–water partition coefficient (Wildman–Crippen LogP) is 4.48. The summed E-state index contributed by atoms with van der Waals surface area (Å²) in [4.78, 5) is 0. The van der Waals surface area contributed by atoms with Crippen LogP contribution in [0.3, 0.4) is 0 Å². The zero-order valence-electron chi connectivity index (χ0n) is 15.7. The van der Waals surface area contributed by atoms with Gasteiger partial charge in [-0.25, -0.2) is 0 Å². The largest absolute Gasteiger partial charge is 0.494 e. The highest BCUT2D eigenvalue weighted by Crippen LogP contribution is 2.32. The molecule has 3 aromatic rings. The fourth-order valence-electron chi connectivity index (χ4n) is 3.79. The molecule has 0 aliphatic heterocycles. The zero-order chi connectivity index (χ0) is 18.0. The first kappa shape index (κ1) is 17.6. The second kappa shape index (κ2) is 7.32. The number of nitrogens with two attached hydrogens (primary N) is 1. The molecule has 25 heavy (non-hydrogen) atoms. The van der Waals surface area contributed by atoms with Crippen molar-refractivity contribution >= 4 is 10.9 Å². The normalized spacial score (nSPS) is 12.5. The van der Waals surface area contributed by atoms with Gasteiger partial charge in [-0.1, -0.05) is 24.3 Å². The lowest BCUT2D eigenvalue weighted by molar-refractivity contribution is 0.340. The van der Waals surface area contributed by atoms with Crippen LogP contribution in [0.4, 0.5) is 0 Å². The summed E-state index contributed by atoms with van der Waals surface area (Å²) < 4.78 is 7.90. The first-order valence-electron chi connectivity index (χ1n) is 9.03. The molecule has 0 bridgehead atoms. The van der Waals surface area contributed by atoms with E-state index in [2.05, 4.69) is 67.9 Å². The highest BCUT2D eigenvalue weighted by atomic mass is 16.5. The Morgan fingerprint density at radius 2 is 1.88 bits per heavy atom. The Bertz CT molecular complexity index is 879. The van der Waals surface area contributed by atoms with Crippen molar-refractivity contribution in [2.24, 2.45) is 12.8 Å². The molecule has 1 aromatic heterocycles. The first-order chi connectivity index (χ1) is 12.1. The second-order valence-electron chi connectivity index (χ2n) is 6.73. The van der Waals surface area contributed by atoms with Gasteiger partial charge in [-0.2, -0.15) is 0 Å². The maximum atomic E-state index is 6.18. The van der Waals surface area contributed by atoms with Gasteiger partial charge in [0.25, 0.3) is 0 Å². The molecule has 0 radical (unpaired) electrons. The molecule has 1 atom stereocenters. The maximum Gasteiger partial charge on any atom is 0.119 e. The van der Waals surface area contributed by atoms with E-state index < -0.39 is 0 Å². The van der Waals surface area contributed by atoms with E-state index >= 15 is 0 Å². The Morgan fingerprint density at radius 1 is 1.12 bits per heavy atom. The number of fused-ring (bicyclic) bond motifs is 1. The Morgan fingerprint density at radius 3 is 2.56 bits per heavy atom. The molecular formula is C22H28N2O. The Hall–Kier alpha value is -2.26. The molecule has 0 amide bonds. The van der Waals surface area contributed by atoms with Crippen molar-refractivity contribution in [2.75, 3.05) is 13.2 Å². The molecule has 132 valence electrons. The van der Waals surface area contributed by atoms with Crippen LogP contribution >= 0.6 is 0 Å². The fraction of sp³-hybridized carbons (Fsp3) is 0.364. The Balaban J connectivity index is 1.97. The number of para-hydroxylation sites is 1. The van der Waals surface area contributed by atoms with E-state index in [1.165, 1.54) is 33.3 Å². The molecule has 1 unspecified atom stereocenters. The van der Waals surface area contributed by atoms with Crippen LogP contribution in [0.25, 0.3) is 10.9 Å². The lowest BCUT2D eigenvalue weighted by Crippen LogP contribution is -2.16. The molecule has 2 aromatic carbocycles. The molecule has 0 aliphatic rings. The van der Waals surface area contributed by atoms with Crippen molar-refractivity contribution in [3.63, 3.8) is 0 Å². The fourth-order valence-corrected chi connectivity index (χ4v) is 3.79. The monoisotopic (exact) mass is 336 g/mol. The lowest BCUT2D eigenvalue weighted by atomic mass is 9.88. The SMILES string of the molecule is CCOc1ccc(C(CN)Cc2c(C)n(C)c3ccccc23)c(C)c1. The summed E-state index contributed by atoms with van der Waals surface area (Å²) in [5, 5.41) is 1.34. The van der Waals surface area contributed by atoms with Gasteiger partial charge in [-0.15, -0.1) is 0 Å². The molecule has 3 rings (SSSR count). The van der Waals surface area contributed by atoms with Gasteiger partial charge < -0.3 is 15.0 Å². The lowest BCUT2D eigenvalue weighted by Gasteiger charge is -2.19. The molecule has 0 spiro atoms. The summed E-state index contributed by atoms with van der Waals surface area (Å²) in [6, 6.07) is 15.0. The van der Waals surface area contributed by atoms with Crippen LogP contribution in [0, 0.1) is 13.8 Å². The highest BCUT2D eigenvalue weighted by Gasteiger charge is 2.19. The molecule has 0 fully saturated rings. The van der Waals surface area contributed by atoms with Crippen LogP contribution in [0.2, 0.25) is 0 Å². The molecule has 3 heteroatoms. The summed E-state index contributed by atoms with van der Waals surface area (Å²) in [6.07, 6.45) is 0.957. The average molecular weight is 336 g/mol. The van der Waals surface area contributed by atoms with E-state index in [0.29, 0.717) is 19.1 Å². The van der Waals surface area contributed by atoms with Crippen LogP contribution in [0.5, 0.6) is 5.75 Å². The molecule has 2 N–H and O–H groups in total. The van der Waals surface area contributed by atoms with E-state index in [1.54, 1.807) is 0 Å². The van der Waals surface area contributed by atoms with Crippen molar-refractivity contribution in [3.8, 4) is 5.75 Å². The van der Waals surface area contributed by atoms with Gasteiger partial charge in [0.1, 0.15) is 5.75 Å². The van der Waals surface area contributed by atoms with E-state index in [-0.39, 0.29) is 0 Å². The number of benzene rings is 2. The third-order valence-electron chi connectivity index (χ3n) is 5.26. The van der Waals surface area contributed by atoms with Crippen LogP contribution in [-0.4, -0.2) is 17.7 Å². The maximum absolute atomic E-state index is 6.18. The van der Waals surface area contributed by atoms with Gasteiger partial charge in [-0.05, 0) is 68.6 Å². The third-order valence-corrected chi connectivity index (χ3v) is 5.26. The number of ether oxygens (including phenoxy) is 1. The summed E-state index contributed by atoms with van der Waals surface area (Å²) in [6.45, 7) is 7.69. The van der Waals surface area contributed by atoms with Gasteiger partial charge in [0, 0.05) is 29.6 Å². The second-order valence-corrected chi connectivity index (χ2v) is 6.73. The molecule has 0 saturated heterocycles. The minimum Gasteiger partial charge on any atom is -0.494 e. The first-order valence-corrected chi connectivity index (χ1v) is 9.03. The zero-order valence-corrected chi connectivity index (χ0v) is 15.7. The molecule has 0 aliphatic carbocycles. The van der Waals surface area contributed by atoms with E-state index in [4.69, 9.17) is 10.5 Å². The highest BCUT2D eigenvalue weighted by molar-refractivity contribution is 5.85. The minimum atomic E-state index is 0.306. The van der Waals surface area contributed by atoms with Crippen molar-refractivity contribution in [2.45, 2.75) is 33.1 Å². The summed E-state index contributed by atoms with van der Waals surface area (Å²) in [5.74, 6) is 1.24. The number of hydrogen-bond acceptors (Lipinski definition) is 2. The molecule has 1 heterocycles. The van der Waals surface area contributed by atoms with E-state index in [9.17, 15) is 0 Å². The van der Waals surface area contributed by atoms with E-state index in [1.807, 2.05) is 6.92 Å². The van der Waals surface area contributed by atoms with Crippen molar-refractivity contribution in [3.05, 3.63) is 64.8 Å². The van der Waals surface area contributed by atoms with Crippen LogP contribution in [-0.2, 0) is 13.5 Å². The third kappa shape index (κ3) is 3.29. The molecule has 0 saturated carbocycles. The van der Waals surface area contributed by atoms with Gasteiger partial charge in [0.05, 0.1) is 6.61 Å².